The van der Waals surface area contributed by atoms with Gasteiger partial charge < -0.3 is 5.11 Å². The van der Waals surface area contributed by atoms with Crippen LogP contribution in [0.2, 0.25) is 0 Å². The van der Waals surface area contributed by atoms with Gasteiger partial charge in [0.25, 0.3) is 10.0 Å². The Hall–Kier alpha value is -1.51. The summed E-state index contributed by atoms with van der Waals surface area (Å²) in [5, 5.41) is 17.9. The number of rotatable bonds is 6. The lowest BCUT2D eigenvalue weighted by atomic mass is 10.1. The van der Waals surface area contributed by atoms with Crippen molar-refractivity contribution in [2.75, 3.05) is 4.72 Å². The fraction of sp³-hybridized carbons (Fsp3) is 0.385. The Morgan fingerprint density at radius 1 is 1.33 bits per heavy atom. The zero-order valence-electron chi connectivity index (χ0n) is 11.8. The van der Waals surface area contributed by atoms with Crippen LogP contribution in [0.5, 0.6) is 0 Å². The van der Waals surface area contributed by atoms with E-state index in [1.54, 1.807) is 12.1 Å². The first-order chi connectivity index (χ1) is 9.90. The number of aliphatic hydroxyl groups excluding tert-OH is 1. The molecule has 0 spiro atoms. The van der Waals surface area contributed by atoms with Crippen molar-refractivity contribution < 1.29 is 13.5 Å². The highest BCUT2D eigenvalue weighted by Gasteiger charge is 2.17. The van der Waals surface area contributed by atoms with Crippen LogP contribution in [0.1, 0.15) is 24.4 Å². The van der Waals surface area contributed by atoms with Crippen LogP contribution in [0.4, 0.5) is 5.13 Å². The molecule has 0 atom stereocenters. The molecule has 2 N–H and O–H groups in total. The van der Waals surface area contributed by atoms with E-state index in [9.17, 15) is 8.42 Å². The molecule has 2 aromatic rings. The monoisotopic (exact) mass is 327 g/mol. The lowest BCUT2D eigenvalue weighted by molar-refractivity contribution is 0.281. The van der Waals surface area contributed by atoms with Crippen LogP contribution < -0.4 is 4.72 Å². The summed E-state index contributed by atoms with van der Waals surface area (Å²) in [4.78, 5) is 0.0923. The molecule has 0 aliphatic carbocycles. The molecule has 0 saturated heterocycles. The van der Waals surface area contributed by atoms with Crippen LogP contribution in [-0.2, 0) is 23.1 Å². The van der Waals surface area contributed by atoms with E-state index in [2.05, 4.69) is 28.8 Å². The van der Waals surface area contributed by atoms with E-state index in [0.717, 1.165) is 11.4 Å². The second kappa shape index (κ2) is 6.50. The van der Waals surface area contributed by atoms with Gasteiger partial charge in [-0.3, -0.25) is 4.72 Å². The second-order valence-electron chi connectivity index (χ2n) is 5.01. The van der Waals surface area contributed by atoms with E-state index in [0.29, 0.717) is 11.5 Å². The number of hydrogen-bond acceptors (Lipinski definition) is 6. The Balaban J connectivity index is 2.18. The van der Waals surface area contributed by atoms with Gasteiger partial charge in [-0.15, -0.1) is 10.2 Å². The van der Waals surface area contributed by atoms with Crippen LogP contribution in [-0.4, -0.2) is 23.7 Å². The molecule has 0 amide bonds. The van der Waals surface area contributed by atoms with E-state index in [1.807, 2.05) is 0 Å². The molecule has 0 aliphatic rings. The topological polar surface area (TPSA) is 92.2 Å². The maximum atomic E-state index is 12.2. The van der Waals surface area contributed by atoms with Gasteiger partial charge in [0.2, 0.25) is 5.13 Å². The Morgan fingerprint density at radius 3 is 2.76 bits per heavy atom. The van der Waals surface area contributed by atoms with Crippen molar-refractivity contribution in [2.24, 2.45) is 5.92 Å². The van der Waals surface area contributed by atoms with Gasteiger partial charge in [0.1, 0.15) is 5.01 Å². The minimum atomic E-state index is -3.71. The van der Waals surface area contributed by atoms with E-state index in [-0.39, 0.29) is 16.6 Å². The molecule has 114 valence electrons. The molecule has 1 aromatic heterocycles. The number of benzene rings is 1. The first kappa shape index (κ1) is 15.9. The summed E-state index contributed by atoms with van der Waals surface area (Å²) in [7, 11) is -3.71. The zero-order chi connectivity index (χ0) is 15.5. The van der Waals surface area contributed by atoms with Gasteiger partial charge in [0.15, 0.2) is 0 Å². The summed E-state index contributed by atoms with van der Waals surface area (Å²) in [5.74, 6) is 0.434. The van der Waals surface area contributed by atoms with E-state index in [1.165, 1.54) is 23.5 Å². The molecule has 1 aromatic carbocycles. The van der Waals surface area contributed by atoms with E-state index < -0.39 is 10.0 Å². The predicted molar refractivity (Wildman–Crippen MR) is 81.6 cm³/mol. The third-order valence-electron chi connectivity index (χ3n) is 2.66. The Labute approximate surface area is 127 Å². The summed E-state index contributed by atoms with van der Waals surface area (Å²) in [6.07, 6.45) is 0.763. The predicted octanol–water partition coefficient (Wildman–Crippen LogP) is 2.03. The third kappa shape index (κ3) is 4.23. The average molecular weight is 327 g/mol. The Kier molecular flexibility index (Phi) is 4.92. The van der Waals surface area contributed by atoms with Crippen LogP contribution >= 0.6 is 11.3 Å². The van der Waals surface area contributed by atoms with Gasteiger partial charge in [0.05, 0.1) is 11.5 Å². The number of hydrogen-bond donors (Lipinski definition) is 2. The van der Waals surface area contributed by atoms with Crippen LogP contribution in [0.25, 0.3) is 0 Å². The number of aromatic nitrogens is 2. The smallest absolute Gasteiger partial charge is 0.263 e. The zero-order valence-corrected chi connectivity index (χ0v) is 13.4. The lowest BCUT2D eigenvalue weighted by Crippen LogP contribution is -2.13. The molecule has 0 saturated carbocycles. The number of anilines is 1. The van der Waals surface area contributed by atoms with E-state index >= 15 is 0 Å². The van der Waals surface area contributed by atoms with Crippen molar-refractivity contribution in [2.45, 2.75) is 31.8 Å². The first-order valence-corrected chi connectivity index (χ1v) is 8.75. The standard InChI is InChI=1S/C13H17N3O3S2/c1-9(2)6-12-14-15-13(20-12)16-21(18,19)11-5-3-4-10(7-11)8-17/h3-5,7,9,17H,6,8H2,1-2H3,(H,15,16). The van der Waals surface area contributed by atoms with Crippen LogP contribution in [0.3, 0.4) is 0 Å². The number of nitrogens with zero attached hydrogens (tertiary/aromatic N) is 2. The SMILES string of the molecule is CC(C)Cc1nnc(NS(=O)(=O)c2cccc(CO)c2)s1. The van der Waals surface area contributed by atoms with Crippen molar-refractivity contribution in [3.63, 3.8) is 0 Å². The lowest BCUT2D eigenvalue weighted by Gasteiger charge is -2.05. The van der Waals surface area contributed by atoms with Gasteiger partial charge in [-0.2, -0.15) is 0 Å². The van der Waals surface area contributed by atoms with E-state index in [4.69, 9.17) is 5.11 Å². The average Bonchev–Trinajstić information content (AvgIpc) is 2.84. The minimum Gasteiger partial charge on any atom is -0.392 e. The number of nitrogens with one attached hydrogen (secondary N) is 1. The number of aliphatic hydroxyl groups is 1. The first-order valence-electron chi connectivity index (χ1n) is 6.45. The molecule has 0 fully saturated rings. The van der Waals surface area contributed by atoms with Crippen molar-refractivity contribution in [3.05, 3.63) is 34.8 Å². The van der Waals surface area contributed by atoms with Crippen LogP contribution in [0.15, 0.2) is 29.2 Å². The van der Waals surface area contributed by atoms with Crippen molar-refractivity contribution in [1.29, 1.82) is 0 Å². The summed E-state index contributed by atoms with van der Waals surface area (Å²) >= 11 is 1.23. The molecule has 0 aliphatic heterocycles. The van der Waals surface area contributed by atoms with Crippen molar-refractivity contribution >= 4 is 26.5 Å². The fourth-order valence-corrected chi connectivity index (χ4v) is 3.96. The Morgan fingerprint density at radius 2 is 2.10 bits per heavy atom. The van der Waals surface area contributed by atoms with Crippen molar-refractivity contribution in [3.8, 4) is 0 Å². The highest BCUT2D eigenvalue weighted by molar-refractivity contribution is 7.93. The highest BCUT2D eigenvalue weighted by atomic mass is 32.2. The number of sulfonamides is 1. The summed E-state index contributed by atoms with van der Waals surface area (Å²) in [6, 6.07) is 6.14. The fourth-order valence-electron chi connectivity index (χ4n) is 1.71. The molecule has 0 unspecified atom stereocenters. The molecule has 21 heavy (non-hydrogen) atoms. The third-order valence-corrected chi connectivity index (χ3v) is 4.99. The molecule has 1 heterocycles. The molecule has 0 radical (unpaired) electrons. The van der Waals surface area contributed by atoms with Gasteiger partial charge in [0, 0.05) is 6.42 Å². The molecule has 0 bridgehead atoms. The highest BCUT2D eigenvalue weighted by Crippen LogP contribution is 2.22. The maximum Gasteiger partial charge on any atom is 0.263 e. The molecule has 8 heteroatoms. The van der Waals surface area contributed by atoms with Crippen molar-refractivity contribution in [1.82, 2.24) is 10.2 Å². The van der Waals surface area contributed by atoms with Gasteiger partial charge in [-0.25, -0.2) is 8.42 Å². The summed E-state index contributed by atoms with van der Waals surface area (Å²) < 4.78 is 26.9. The maximum absolute atomic E-state index is 12.2. The Bertz CT molecular complexity index is 711. The molecular formula is C13H17N3O3S2. The minimum absolute atomic E-state index is 0.0923. The molecule has 6 nitrogen and oxygen atoms in total. The quantitative estimate of drug-likeness (QED) is 0.847. The largest absolute Gasteiger partial charge is 0.392 e. The molecule has 2 rings (SSSR count). The van der Waals surface area contributed by atoms with Gasteiger partial charge in [-0.05, 0) is 23.6 Å². The second-order valence-corrected chi connectivity index (χ2v) is 7.75. The van der Waals surface area contributed by atoms with Gasteiger partial charge >= 0.3 is 0 Å². The summed E-state index contributed by atoms with van der Waals surface area (Å²) in [5.41, 5.74) is 0.538. The van der Waals surface area contributed by atoms with Crippen LogP contribution in [0, 0.1) is 5.92 Å². The van der Waals surface area contributed by atoms with Gasteiger partial charge in [-0.1, -0.05) is 37.3 Å². The normalized spacial score (nSPS) is 11.8. The molecular weight excluding hydrogens is 310 g/mol. The summed E-state index contributed by atoms with van der Waals surface area (Å²) in [6.45, 7) is 3.91.